The Morgan fingerprint density at radius 3 is 2.80 bits per heavy atom. The maximum atomic E-state index is 12.1. The number of nitrogens with zero attached hydrogens (tertiary/aromatic N) is 3. The van der Waals surface area contributed by atoms with Crippen LogP contribution in [0.1, 0.15) is 32.6 Å². The number of fused-ring (bicyclic) bond motifs is 1. The van der Waals surface area contributed by atoms with E-state index in [1.165, 1.54) is 5.56 Å². The monoisotopic (exact) mass is 269 g/mol. The molecule has 102 valence electrons. The smallest absolute Gasteiger partial charge is 0.271 e. The third-order valence-corrected chi connectivity index (χ3v) is 3.59. The molecule has 5 heteroatoms. The summed E-state index contributed by atoms with van der Waals surface area (Å²) < 4.78 is 1.69. The molecule has 0 N–H and O–H groups in total. The quantitative estimate of drug-likeness (QED) is 0.795. The topological polar surface area (TPSA) is 55.2 Å². The van der Waals surface area contributed by atoms with E-state index in [4.69, 9.17) is 0 Å². The van der Waals surface area contributed by atoms with Gasteiger partial charge in [-0.05, 0) is 18.1 Å². The zero-order valence-corrected chi connectivity index (χ0v) is 11.2. The number of hydrogen-bond donors (Lipinski definition) is 0. The lowest BCUT2D eigenvalue weighted by atomic mass is 10.0. The molecule has 2 aromatic rings. The first-order valence-electron chi connectivity index (χ1n) is 6.53. The van der Waals surface area contributed by atoms with E-state index in [2.05, 4.69) is 17.2 Å². The molecule has 0 radical (unpaired) electrons. The van der Waals surface area contributed by atoms with Crippen LogP contribution in [0, 0.1) is 0 Å². The highest BCUT2D eigenvalue weighted by molar-refractivity contribution is 5.94. The average molecular weight is 269 g/mol. The van der Waals surface area contributed by atoms with Gasteiger partial charge in [0.15, 0.2) is 6.29 Å². The van der Waals surface area contributed by atoms with Crippen molar-refractivity contribution in [3.8, 4) is 0 Å². The van der Waals surface area contributed by atoms with Crippen molar-refractivity contribution in [2.45, 2.75) is 12.5 Å². The number of carbonyl (C=O) groups excluding carboxylic acids is 2. The van der Waals surface area contributed by atoms with Crippen molar-refractivity contribution >= 4 is 12.2 Å². The van der Waals surface area contributed by atoms with Crippen LogP contribution in [0.4, 0.5) is 0 Å². The highest BCUT2D eigenvalue weighted by atomic mass is 16.2. The molecule has 1 aliphatic heterocycles. The molecule has 20 heavy (non-hydrogen) atoms. The molecule has 0 saturated heterocycles. The van der Waals surface area contributed by atoms with Crippen molar-refractivity contribution in [2.75, 3.05) is 13.6 Å². The summed E-state index contributed by atoms with van der Waals surface area (Å²) in [6.07, 6.45) is 1.46. The van der Waals surface area contributed by atoms with Gasteiger partial charge in [-0.1, -0.05) is 30.3 Å². The third-order valence-electron chi connectivity index (χ3n) is 3.59. The SMILES string of the molecule is CN1CC(Cc2ccccc2)n2nc(C=O)cc2C1=O. The highest BCUT2D eigenvalue weighted by Gasteiger charge is 2.30. The normalized spacial score (nSPS) is 17.9. The first kappa shape index (κ1) is 12.6. The molecule has 1 aromatic carbocycles. The summed E-state index contributed by atoms with van der Waals surface area (Å²) in [6.45, 7) is 0.598. The van der Waals surface area contributed by atoms with E-state index in [1.54, 1.807) is 22.7 Å². The number of hydrogen-bond acceptors (Lipinski definition) is 3. The van der Waals surface area contributed by atoms with Gasteiger partial charge in [0, 0.05) is 13.6 Å². The molecule has 1 atom stereocenters. The van der Waals surface area contributed by atoms with Crippen LogP contribution in [0.15, 0.2) is 36.4 Å². The Hall–Kier alpha value is -2.43. The number of amides is 1. The van der Waals surface area contributed by atoms with Crippen LogP contribution in [-0.4, -0.2) is 40.5 Å². The van der Waals surface area contributed by atoms with Gasteiger partial charge in [0.2, 0.25) is 0 Å². The van der Waals surface area contributed by atoms with Gasteiger partial charge in [-0.3, -0.25) is 14.3 Å². The van der Waals surface area contributed by atoms with Crippen molar-refractivity contribution in [3.63, 3.8) is 0 Å². The second-order valence-electron chi connectivity index (χ2n) is 5.05. The Morgan fingerprint density at radius 2 is 2.10 bits per heavy atom. The van der Waals surface area contributed by atoms with Gasteiger partial charge in [-0.15, -0.1) is 0 Å². The van der Waals surface area contributed by atoms with E-state index < -0.39 is 0 Å². The summed E-state index contributed by atoms with van der Waals surface area (Å²) in [4.78, 5) is 24.6. The Balaban J connectivity index is 1.96. The number of benzene rings is 1. The van der Waals surface area contributed by atoms with Gasteiger partial charge in [0.05, 0.1) is 6.04 Å². The lowest BCUT2D eigenvalue weighted by molar-refractivity contribution is 0.0707. The lowest BCUT2D eigenvalue weighted by Gasteiger charge is -2.31. The molecule has 0 saturated carbocycles. The van der Waals surface area contributed by atoms with Gasteiger partial charge in [0.25, 0.3) is 5.91 Å². The van der Waals surface area contributed by atoms with Gasteiger partial charge >= 0.3 is 0 Å². The molecule has 1 aromatic heterocycles. The summed E-state index contributed by atoms with van der Waals surface area (Å²) in [5, 5.41) is 4.23. The highest BCUT2D eigenvalue weighted by Crippen LogP contribution is 2.23. The van der Waals surface area contributed by atoms with Crippen molar-refractivity contribution in [2.24, 2.45) is 0 Å². The van der Waals surface area contributed by atoms with Crippen LogP contribution in [0.3, 0.4) is 0 Å². The molecule has 1 amide bonds. The lowest BCUT2D eigenvalue weighted by Crippen LogP contribution is -2.41. The minimum absolute atomic E-state index is 0.0591. The van der Waals surface area contributed by atoms with E-state index in [1.807, 2.05) is 18.2 Å². The maximum Gasteiger partial charge on any atom is 0.271 e. The molecule has 1 aliphatic rings. The maximum absolute atomic E-state index is 12.1. The Kier molecular flexibility index (Phi) is 3.10. The molecule has 0 aliphatic carbocycles. The van der Waals surface area contributed by atoms with Crippen LogP contribution in [0.25, 0.3) is 0 Å². The van der Waals surface area contributed by atoms with E-state index >= 15 is 0 Å². The van der Waals surface area contributed by atoms with Gasteiger partial charge < -0.3 is 4.90 Å². The number of rotatable bonds is 3. The van der Waals surface area contributed by atoms with E-state index in [0.717, 1.165) is 6.42 Å². The van der Waals surface area contributed by atoms with Crippen molar-refractivity contribution < 1.29 is 9.59 Å². The van der Waals surface area contributed by atoms with Crippen LogP contribution in [0.5, 0.6) is 0 Å². The fourth-order valence-electron chi connectivity index (χ4n) is 2.62. The number of carbonyl (C=O) groups is 2. The minimum Gasteiger partial charge on any atom is -0.338 e. The molecular weight excluding hydrogens is 254 g/mol. The predicted octanol–water partition coefficient (Wildman–Crippen LogP) is 1.56. The molecular formula is C15H15N3O2. The third kappa shape index (κ3) is 2.11. The fraction of sp³-hybridized carbons (Fsp3) is 0.267. The minimum atomic E-state index is -0.0880. The van der Waals surface area contributed by atoms with Crippen LogP contribution >= 0.6 is 0 Å². The average Bonchev–Trinajstić information content (AvgIpc) is 2.90. The first-order valence-corrected chi connectivity index (χ1v) is 6.53. The molecule has 5 nitrogen and oxygen atoms in total. The number of likely N-dealkylation sites (N-methyl/N-ethyl adjacent to an activating group) is 1. The Labute approximate surface area is 116 Å². The Bertz CT molecular complexity index is 648. The summed E-state index contributed by atoms with van der Waals surface area (Å²) in [6, 6.07) is 11.7. The second kappa shape index (κ2) is 4.92. The van der Waals surface area contributed by atoms with Gasteiger partial charge in [-0.2, -0.15) is 5.10 Å². The van der Waals surface area contributed by atoms with Crippen molar-refractivity contribution in [1.82, 2.24) is 14.7 Å². The first-order chi connectivity index (χ1) is 9.69. The molecule has 0 bridgehead atoms. The zero-order valence-electron chi connectivity index (χ0n) is 11.2. The summed E-state index contributed by atoms with van der Waals surface area (Å²) in [5.41, 5.74) is 1.98. The number of aromatic nitrogens is 2. The second-order valence-corrected chi connectivity index (χ2v) is 5.05. The van der Waals surface area contributed by atoms with Crippen LogP contribution in [0.2, 0.25) is 0 Å². The fourth-order valence-corrected chi connectivity index (χ4v) is 2.62. The van der Waals surface area contributed by atoms with E-state index in [9.17, 15) is 9.59 Å². The molecule has 1 unspecified atom stereocenters. The van der Waals surface area contributed by atoms with Crippen molar-refractivity contribution in [1.29, 1.82) is 0 Å². The zero-order chi connectivity index (χ0) is 14.1. The van der Waals surface area contributed by atoms with Crippen molar-refractivity contribution in [3.05, 3.63) is 53.3 Å². The Morgan fingerprint density at radius 1 is 1.35 bits per heavy atom. The molecule has 3 rings (SSSR count). The summed E-state index contributed by atoms with van der Waals surface area (Å²) >= 11 is 0. The molecule has 0 fully saturated rings. The number of aldehydes is 1. The largest absolute Gasteiger partial charge is 0.338 e. The molecule has 0 spiro atoms. The van der Waals surface area contributed by atoms with E-state index in [-0.39, 0.29) is 11.9 Å². The van der Waals surface area contributed by atoms with Gasteiger partial charge in [0.1, 0.15) is 11.4 Å². The predicted molar refractivity (Wildman–Crippen MR) is 73.8 cm³/mol. The van der Waals surface area contributed by atoms with Gasteiger partial charge in [-0.25, -0.2) is 0 Å². The standard InChI is InChI=1S/C15H15N3O2/c1-17-9-13(7-11-5-3-2-4-6-11)18-14(15(17)20)8-12(10-19)16-18/h2-6,8,10,13H,7,9H2,1H3. The molecule has 2 heterocycles. The summed E-state index contributed by atoms with van der Waals surface area (Å²) in [5.74, 6) is -0.0880. The van der Waals surface area contributed by atoms with E-state index in [0.29, 0.717) is 24.2 Å². The van der Waals surface area contributed by atoms with Crippen LogP contribution < -0.4 is 0 Å². The summed E-state index contributed by atoms with van der Waals surface area (Å²) in [7, 11) is 1.78. The van der Waals surface area contributed by atoms with Crippen LogP contribution in [-0.2, 0) is 6.42 Å².